The van der Waals surface area contributed by atoms with E-state index in [1.807, 2.05) is 12.1 Å². The molecule has 1 aliphatic rings. The summed E-state index contributed by atoms with van der Waals surface area (Å²) in [5.74, 6) is -0.172. The highest BCUT2D eigenvalue weighted by Gasteiger charge is 2.20. The maximum atomic E-state index is 12.4. The number of likely N-dealkylation sites (tertiary alicyclic amines) is 1. The number of carbonyl (C=O) groups excluding carboxylic acids is 1. The van der Waals surface area contributed by atoms with E-state index in [1.54, 1.807) is 0 Å². The lowest BCUT2D eigenvalue weighted by Crippen LogP contribution is -2.32. The predicted molar refractivity (Wildman–Crippen MR) is 132 cm³/mol. The molecule has 2 aromatic carbocycles. The summed E-state index contributed by atoms with van der Waals surface area (Å²) in [5.41, 5.74) is 2.28. The number of nitrogens with one attached hydrogen (secondary N) is 1. The van der Waals surface area contributed by atoms with Crippen molar-refractivity contribution in [3.63, 3.8) is 0 Å². The van der Waals surface area contributed by atoms with Crippen molar-refractivity contribution >= 4 is 27.3 Å². The average Bonchev–Trinajstić information content (AvgIpc) is 2.80. The molecule has 0 atom stereocenters. The quantitative estimate of drug-likeness (QED) is 0.383. The third-order valence-corrected chi connectivity index (χ3v) is 7.02. The standard InChI is InChI=1S/C24H32N4O5S/c1-34(32,33)27(22-10-6-11-23(17-22)28(30)31)15-7-12-24(29)25-18-20-8-5-9-21(16-20)19-26-13-3-2-4-14-26/h5-6,8-11,16-17H,2-4,7,12-15,18-19H2,1H3,(H,25,29). The maximum absolute atomic E-state index is 12.4. The Labute approximate surface area is 201 Å². The van der Waals surface area contributed by atoms with Crippen molar-refractivity contribution in [1.82, 2.24) is 10.2 Å². The van der Waals surface area contributed by atoms with Gasteiger partial charge in [0.15, 0.2) is 0 Å². The van der Waals surface area contributed by atoms with E-state index in [4.69, 9.17) is 0 Å². The van der Waals surface area contributed by atoms with Crippen molar-refractivity contribution < 1.29 is 18.1 Å². The fourth-order valence-electron chi connectivity index (χ4n) is 4.13. The van der Waals surface area contributed by atoms with Crippen LogP contribution in [0.3, 0.4) is 0 Å². The number of rotatable bonds is 11. The predicted octanol–water partition coefficient (Wildman–Crippen LogP) is 3.44. The summed E-state index contributed by atoms with van der Waals surface area (Å²) < 4.78 is 25.5. The molecule has 1 amide bonds. The minimum Gasteiger partial charge on any atom is -0.352 e. The van der Waals surface area contributed by atoms with E-state index < -0.39 is 14.9 Å². The van der Waals surface area contributed by atoms with Gasteiger partial charge in [0.1, 0.15) is 0 Å². The van der Waals surface area contributed by atoms with E-state index in [-0.39, 0.29) is 36.7 Å². The van der Waals surface area contributed by atoms with Crippen LogP contribution in [0.1, 0.15) is 43.2 Å². The van der Waals surface area contributed by atoms with Gasteiger partial charge in [-0.25, -0.2) is 8.42 Å². The van der Waals surface area contributed by atoms with Crippen LogP contribution in [0.5, 0.6) is 0 Å². The van der Waals surface area contributed by atoms with Gasteiger partial charge in [0, 0.05) is 38.2 Å². The Morgan fingerprint density at radius 3 is 2.50 bits per heavy atom. The number of benzene rings is 2. The second-order valence-corrected chi connectivity index (χ2v) is 10.6. The molecule has 1 N–H and O–H groups in total. The summed E-state index contributed by atoms with van der Waals surface area (Å²) in [5, 5.41) is 13.9. The number of piperidine rings is 1. The van der Waals surface area contributed by atoms with Gasteiger partial charge in [-0.05, 0) is 49.5 Å². The number of nitro groups is 1. The van der Waals surface area contributed by atoms with E-state index in [2.05, 4.69) is 22.3 Å². The minimum absolute atomic E-state index is 0.0543. The maximum Gasteiger partial charge on any atom is 0.271 e. The van der Waals surface area contributed by atoms with Crippen LogP contribution < -0.4 is 9.62 Å². The van der Waals surface area contributed by atoms with Crippen molar-refractivity contribution in [2.45, 2.75) is 45.2 Å². The summed E-state index contributed by atoms with van der Waals surface area (Å²) in [6.07, 6.45) is 5.27. The smallest absolute Gasteiger partial charge is 0.271 e. The zero-order chi connectivity index (χ0) is 24.6. The summed E-state index contributed by atoms with van der Waals surface area (Å²) in [6.45, 7) is 3.64. The van der Waals surface area contributed by atoms with Crippen LogP contribution in [0.4, 0.5) is 11.4 Å². The topological polar surface area (TPSA) is 113 Å². The normalized spacial score (nSPS) is 14.5. The summed E-state index contributed by atoms with van der Waals surface area (Å²) in [6, 6.07) is 13.7. The number of hydrogen-bond acceptors (Lipinski definition) is 6. The number of anilines is 1. The molecule has 0 saturated carbocycles. The van der Waals surface area contributed by atoms with E-state index in [1.165, 1.54) is 49.1 Å². The average molecular weight is 489 g/mol. The van der Waals surface area contributed by atoms with Crippen molar-refractivity contribution in [2.75, 3.05) is 30.2 Å². The van der Waals surface area contributed by atoms with E-state index in [9.17, 15) is 23.3 Å². The van der Waals surface area contributed by atoms with Crippen LogP contribution in [0, 0.1) is 10.1 Å². The molecule has 0 unspecified atom stereocenters. The van der Waals surface area contributed by atoms with E-state index in [0.29, 0.717) is 6.54 Å². The molecule has 1 saturated heterocycles. The first kappa shape index (κ1) is 25.6. The van der Waals surface area contributed by atoms with Gasteiger partial charge in [-0.3, -0.25) is 24.1 Å². The van der Waals surface area contributed by atoms with E-state index >= 15 is 0 Å². The first-order chi connectivity index (χ1) is 16.2. The zero-order valence-corrected chi connectivity index (χ0v) is 20.3. The molecule has 1 aliphatic heterocycles. The third-order valence-electron chi connectivity index (χ3n) is 5.83. The van der Waals surface area contributed by atoms with Crippen molar-refractivity contribution in [3.8, 4) is 0 Å². The lowest BCUT2D eigenvalue weighted by molar-refractivity contribution is -0.384. The van der Waals surface area contributed by atoms with Gasteiger partial charge in [-0.1, -0.05) is 36.8 Å². The van der Waals surface area contributed by atoms with Gasteiger partial charge in [0.2, 0.25) is 15.9 Å². The highest BCUT2D eigenvalue weighted by Crippen LogP contribution is 2.23. The monoisotopic (exact) mass is 488 g/mol. The molecule has 2 aromatic rings. The number of hydrogen-bond donors (Lipinski definition) is 1. The van der Waals surface area contributed by atoms with Crippen LogP contribution in [0.15, 0.2) is 48.5 Å². The van der Waals surface area contributed by atoms with Gasteiger partial charge < -0.3 is 5.32 Å². The molecule has 0 bridgehead atoms. The van der Waals surface area contributed by atoms with Gasteiger partial charge in [-0.15, -0.1) is 0 Å². The van der Waals surface area contributed by atoms with Crippen LogP contribution in [-0.2, 0) is 27.9 Å². The molecule has 0 radical (unpaired) electrons. The number of non-ortho nitro benzene ring substituents is 1. The Balaban J connectivity index is 1.50. The van der Waals surface area contributed by atoms with Crippen LogP contribution >= 0.6 is 0 Å². The van der Waals surface area contributed by atoms with Gasteiger partial charge in [-0.2, -0.15) is 0 Å². The Morgan fingerprint density at radius 1 is 1.09 bits per heavy atom. The molecule has 0 aliphatic carbocycles. The van der Waals surface area contributed by atoms with Gasteiger partial charge in [0.25, 0.3) is 5.69 Å². The van der Waals surface area contributed by atoms with Crippen molar-refractivity contribution in [2.24, 2.45) is 0 Å². The fraction of sp³-hybridized carbons (Fsp3) is 0.458. The molecule has 10 heteroatoms. The molecular formula is C24H32N4O5S. The van der Waals surface area contributed by atoms with Crippen LogP contribution in [-0.4, -0.2) is 50.0 Å². The SMILES string of the molecule is CS(=O)(=O)N(CCCC(=O)NCc1cccc(CN2CCCCC2)c1)c1cccc([N+](=O)[O-])c1. The second kappa shape index (κ2) is 11.9. The second-order valence-electron chi connectivity index (χ2n) is 8.65. The lowest BCUT2D eigenvalue weighted by Gasteiger charge is -2.26. The lowest BCUT2D eigenvalue weighted by atomic mass is 10.1. The highest BCUT2D eigenvalue weighted by atomic mass is 32.2. The summed E-state index contributed by atoms with van der Waals surface area (Å²) in [4.78, 5) is 25.3. The molecule has 0 aromatic heterocycles. The van der Waals surface area contributed by atoms with Crippen molar-refractivity contribution in [3.05, 3.63) is 69.8 Å². The number of amides is 1. The molecule has 3 rings (SSSR count). The molecule has 184 valence electrons. The number of sulfonamides is 1. The first-order valence-electron chi connectivity index (χ1n) is 11.5. The summed E-state index contributed by atoms with van der Waals surface area (Å²) >= 11 is 0. The molecule has 9 nitrogen and oxygen atoms in total. The van der Waals surface area contributed by atoms with Crippen LogP contribution in [0.25, 0.3) is 0 Å². The Kier molecular flexibility index (Phi) is 9.00. The van der Waals surface area contributed by atoms with Crippen LogP contribution in [0.2, 0.25) is 0 Å². The zero-order valence-electron chi connectivity index (χ0n) is 19.5. The number of nitro benzene ring substituents is 1. The third kappa shape index (κ3) is 7.81. The Hall–Kier alpha value is -2.98. The molecule has 1 heterocycles. The summed E-state index contributed by atoms with van der Waals surface area (Å²) in [7, 11) is -3.66. The largest absolute Gasteiger partial charge is 0.352 e. The Bertz CT molecular complexity index is 1100. The molecule has 34 heavy (non-hydrogen) atoms. The first-order valence-corrected chi connectivity index (χ1v) is 13.4. The van der Waals surface area contributed by atoms with Gasteiger partial charge in [0.05, 0.1) is 16.9 Å². The van der Waals surface area contributed by atoms with Crippen molar-refractivity contribution in [1.29, 1.82) is 0 Å². The minimum atomic E-state index is -3.66. The highest BCUT2D eigenvalue weighted by molar-refractivity contribution is 7.92. The number of nitrogens with zero attached hydrogens (tertiary/aromatic N) is 3. The number of carbonyl (C=O) groups is 1. The molecular weight excluding hydrogens is 456 g/mol. The Morgan fingerprint density at radius 2 is 1.79 bits per heavy atom. The molecule has 0 spiro atoms. The fourth-order valence-corrected chi connectivity index (χ4v) is 5.09. The van der Waals surface area contributed by atoms with Gasteiger partial charge >= 0.3 is 0 Å². The van der Waals surface area contributed by atoms with E-state index in [0.717, 1.165) is 35.8 Å². The molecule has 1 fully saturated rings.